The molecular weight excluding hydrogens is 252 g/mol. The molecule has 0 spiro atoms. The van der Waals surface area contributed by atoms with Gasteiger partial charge in [-0.3, -0.25) is 4.68 Å². The fourth-order valence-electron chi connectivity index (χ4n) is 3.70. The molecule has 1 saturated carbocycles. The molecule has 1 aromatic rings. The van der Waals surface area contributed by atoms with Crippen LogP contribution in [0.3, 0.4) is 0 Å². The molecule has 4 nitrogen and oxygen atoms in total. The highest BCUT2D eigenvalue weighted by Crippen LogP contribution is 2.47. The van der Waals surface area contributed by atoms with E-state index in [4.69, 9.17) is 4.74 Å². The third kappa shape index (κ3) is 2.58. The van der Waals surface area contributed by atoms with Crippen LogP contribution in [0.15, 0.2) is 6.20 Å². The van der Waals surface area contributed by atoms with Crippen LogP contribution < -0.4 is 4.74 Å². The molecule has 0 aromatic carbocycles. The maximum atomic E-state index is 11.4. The lowest BCUT2D eigenvalue weighted by molar-refractivity contribution is -0.0798. The van der Waals surface area contributed by atoms with Crippen LogP contribution in [0.25, 0.3) is 0 Å². The number of hydrogen-bond donors (Lipinski definition) is 1. The van der Waals surface area contributed by atoms with Crippen molar-refractivity contribution in [3.63, 3.8) is 0 Å². The monoisotopic (exact) mass is 280 g/mol. The minimum Gasteiger partial charge on any atom is -0.493 e. The average molecular weight is 280 g/mol. The topological polar surface area (TPSA) is 47.3 Å². The highest BCUT2D eigenvalue weighted by Gasteiger charge is 2.46. The van der Waals surface area contributed by atoms with Gasteiger partial charge in [-0.05, 0) is 31.1 Å². The van der Waals surface area contributed by atoms with Crippen molar-refractivity contribution >= 4 is 0 Å². The summed E-state index contributed by atoms with van der Waals surface area (Å²) in [4.78, 5) is 0. The molecule has 4 heteroatoms. The molecule has 2 rings (SSSR count). The Hall–Kier alpha value is -1.03. The number of aliphatic hydroxyl groups is 1. The van der Waals surface area contributed by atoms with E-state index in [1.165, 1.54) is 6.42 Å². The molecule has 0 saturated heterocycles. The summed E-state index contributed by atoms with van der Waals surface area (Å²) in [7, 11) is 1.66. The molecule has 0 aliphatic heterocycles. The second-order valence-corrected chi connectivity index (χ2v) is 6.31. The second-order valence-electron chi connectivity index (χ2n) is 6.31. The lowest BCUT2D eigenvalue weighted by Gasteiger charge is -2.42. The quantitative estimate of drug-likeness (QED) is 0.900. The standard InChI is InChI=1S/C16H28N2O2/c1-5-10-18-15(14(20-4)11-17-18)16(19)9-7-6-8-13(16)12(2)3/h11-13,19H,5-10H2,1-4H3. The van der Waals surface area contributed by atoms with Crippen molar-refractivity contribution in [1.29, 1.82) is 0 Å². The first-order chi connectivity index (χ1) is 9.54. The van der Waals surface area contributed by atoms with Crippen molar-refractivity contribution in [2.45, 2.75) is 65.0 Å². The third-order valence-electron chi connectivity index (χ3n) is 4.61. The van der Waals surface area contributed by atoms with Gasteiger partial charge in [-0.15, -0.1) is 0 Å². The van der Waals surface area contributed by atoms with Crippen LogP contribution in [0.4, 0.5) is 0 Å². The van der Waals surface area contributed by atoms with E-state index in [1.807, 2.05) is 4.68 Å². The SMILES string of the molecule is CCCn1ncc(OC)c1C1(O)CCCCC1C(C)C. The highest BCUT2D eigenvalue weighted by atomic mass is 16.5. The summed E-state index contributed by atoms with van der Waals surface area (Å²) in [5.74, 6) is 1.46. The van der Waals surface area contributed by atoms with Gasteiger partial charge in [-0.2, -0.15) is 5.10 Å². The number of ether oxygens (including phenoxy) is 1. The Labute approximate surface area is 122 Å². The van der Waals surface area contributed by atoms with Gasteiger partial charge in [0.2, 0.25) is 0 Å². The van der Waals surface area contributed by atoms with E-state index < -0.39 is 5.60 Å². The van der Waals surface area contributed by atoms with Gasteiger partial charge in [0.05, 0.1) is 13.3 Å². The number of nitrogens with zero attached hydrogens (tertiary/aromatic N) is 2. The molecule has 0 radical (unpaired) electrons. The van der Waals surface area contributed by atoms with Gasteiger partial charge in [-0.1, -0.05) is 33.6 Å². The maximum Gasteiger partial charge on any atom is 0.162 e. The van der Waals surface area contributed by atoms with Gasteiger partial charge in [0, 0.05) is 6.54 Å². The molecule has 114 valence electrons. The van der Waals surface area contributed by atoms with E-state index in [9.17, 15) is 5.11 Å². The molecule has 2 atom stereocenters. The number of methoxy groups -OCH3 is 1. The Morgan fingerprint density at radius 3 is 2.85 bits per heavy atom. The molecule has 20 heavy (non-hydrogen) atoms. The molecule has 0 amide bonds. The Morgan fingerprint density at radius 1 is 1.50 bits per heavy atom. The van der Waals surface area contributed by atoms with Gasteiger partial charge in [-0.25, -0.2) is 0 Å². The predicted octanol–water partition coefficient (Wildman–Crippen LogP) is 3.34. The molecule has 1 heterocycles. The summed E-state index contributed by atoms with van der Waals surface area (Å²) in [5, 5.41) is 15.9. The predicted molar refractivity (Wildman–Crippen MR) is 79.8 cm³/mol. The van der Waals surface area contributed by atoms with Crippen molar-refractivity contribution in [3.8, 4) is 5.75 Å². The average Bonchev–Trinajstić information content (AvgIpc) is 2.83. The Morgan fingerprint density at radius 2 is 2.25 bits per heavy atom. The van der Waals surface area contributed by atoms with Crippen LogP contribution in [0.5, 0.6) is 5.75 Å². The van der Waals surface area contributed by atoms with E-state index in [0.717, 1.165) is 43.7 Å². The summed E-state index contributed by atoms with van der Waals surface area (Å²) in [6.45, 7) is 7.36. The largest absolute Gasteiger partial charge is 0.493 e. The molecule has 2 unspecified atom stereocenters. The summed E-state index contributed by atoms with van der Waals surface area (Å²) in [6, 6.07) is 0. The van der Waals surface area contributed by atoms with Crippen molar-refractivity contribution in [2.75, 3.05) is 7.11 Å². The molecule has 1 aliphatic rings. The molecular formula is C16H28N2O2. The molecule has 1 aromatic heterocycles. The fraction of sp³-hybridized carbons (Fsp3) is 0.812. The van der Waals surface area contributed by atoms with Gasteiger partial charge >= 0.3 is 0 Å². The Balaban J connectivity index is 2.47. The minimum atomic E-state index is -0.802. The van der Waals surface area contributed by atoms with E-state index >= 15 is 0 Å². The van der Waals surface area contributed by atoms with Crippen molar-refractivity contribution in [1.82, 2.24) is 9.78 Å². The van der Waals surface area contributed by atoms with Crippen LogP contribution in [0, 0.1) is 11.8 Å². The summed E-state index contributed by atoms with van der Waals surface area (Å²) < 4.78 is 7.42. The zero-order valence-corrected chi connectivity index (χ0v) is 13.2. The van der Waals surface area contributed by atoms with Crippen molar-refractivity contribution in [3.05, 3.63) is 11.9 Å². The van der Waals surface area contributed by atoms with Gasteiger partial charge < -0.3 is 9.84 Å². The van der Waals surface area contributed by atoms with Crippen LogP contribution >= 0.6 is 0 Å². The number of aryl methyl sites for hydroxylation is 1. The van der Waals surface area contributed by atoms with Crippen LogP contribution in [-0.4, -0.2) is 22.0 Å². The third-order valence-corrected chi connectivity index (χ3v) is 4.61. The zero-order valence-electron chi connectivity index (χ0n) is 13.2. The van der Waals surface area contributed by atoms with Gasteiger partial charge in [0.1, 0.15) is 11.3 Å². The number of rotatable bonds is 5. The summed E-state index contributed by atoms with van der Waals surface area (Å²) in [6.07, 6.45) is 6.90. The summed E-state index contributed by atoms with van der Waals surface area (Å²) >= 11 is 0. The first-order valence-electron chi connectivity index (χ1n) is 7.87. The minimum absolute atomic E-state index is 0.275. The lowest BCUT2D eigenvalue weighted by atomic mass is 9.68. The Bertz CT molecular complexity index is 442. The maximum absolute atomic E-state index is 11.4. The first kappa shape index (κ1) is 15.4. The number of aromatic nitrogens is 2. The normalized spacial score (nSPS) is 27.0. The molecule has 1 N–H and O–H groups in total. The van der Waals surface area contributed by atoms with Crippen LogP contribution in [-0.2, 0) is 12.1 Å². The van der Waals surface area contributed by atoms with Crippen LogP contribution in [0.1, 0.15) is 58.6 Å². The molecule has 1 fully saturated rings. The highest BCUT2D eigenvalue weighted by molar-refractivity contribution is 5.32. The van der Waals surface area contributed by atoms with Gasteiger partial charge in [0.15, 0.2) is 5.75 Å². The molecule has 0 bridgehead atoms. The molecule has 1 aliphatic carbocycles. The van der Waals surface area contributed by atoms with Crippen LogP contribution in [0.2, 0.25) is 0 Å². The van der Waals surface area contributed by atoms with Crippen molar-refractivity contribution in [2.24, 2.45) is 11.8 Å². The Kier molecular flexibility index (Phi) is 4.74. The smallest absolute Gasteiger partial charge is 0.162 e. The van der Waals surface area contributed by atoms with E-state index in [0.29, 0.717) is 5.92 Å². The van der Waals surface area contributed by atoms with E-state index in [-0.39, 0.29) is 5.92 Å². The van der Waals surface area contributed by atoms with Crippen molar-refractivity contribution < 1.29 is 9.84 Å². The summed E-state index contributed by atoms with van der Waals surface area (Å²) in [5.41, 5.74) is 0.0870. The second kappa shape index (κ2) is 6.17. The first-order valence-corrected chi connectivity index (χ1v) is 7.87. The zero-order chi connectivity index (χ0) is 14.8. The van der Waals surface area contributed by atoms with Gasteiger partial charge in [0.25, 0.3) is 0 Å². The number of hydrogen-bond acceptors (Lipinski definition) is 3. The van der Waals surface area contributed by atoms with E-state index in [1.54, 1.807) is 13.3 Å². The lowest BCUT2D eigenvalue weighted by Crippen LogP contribution is -2.42. The fourth-order valence-corrected chi connectivity index (χ4v) is 3.70. The van der Waals surface area contributed by atoms with E-state index in [2.05, 4.69) is 25.9 Å².